The summed E-state index contributed by atoms with van der Waals surface area (Å²) in [5.41, 5.74) is 5.22. The number of hydrogen-bond donors (Lipinski definition) is 2. The summed E-state index contributed by atoms with van der Waals surface area (Å²) in [5.74, 6) is -0.787. The Morgan fingerprint density at radius 2 is 1.59 bits per heavy atom. The van der Waals surface area contributed by atoms with Crippen LogP contribution in [0.4, 0.5) is 5.69 Å². The number of halogens is 1. The number of rotatable bonds is 8. The Morgan fingerprint density at radius 3 is 2.38 bits per heavy atom. The minimum atomic E-state index is -0.503. The molecule has 0 aliphatic carbocycles. The fourth-order valence-corrected chi connectivity index (χ4v) is 3.80. The van der Waals surface area contributed by atoms with Gasteiger partial charge in [0.05, 0.1) is 24.5 Å². The summed E-state index contributed by atoms with van der Waals surface area (Å²) >= 11 is 6.02. The lowest BCUT2D eigenvalue weighted by atomic mass is 10.1. The minimum absolute atomic E-state index is 0.256. The first kappa shape index (κ1) is 27.1. The van der Waals surface area contributed by atoms with E-state index >= 15 is 0 Å². The Labute approximate surface area is 230 Å². The summed E-state index contributed by atoms with van der Waals surface area (Å²) < 4.78 is 10.8. The summed E-state index contributed by atoms with van der Waals surface area (Å²) in [6.07, 6.45) is 1.38. The molecule has 2 N–H and O–H groups in total. The van der Waals surface area contributed by atoms with Crippen molar-refractivity contribution in [1.29, 1.82) is 0 Å². The zero-order chi connectivity index (χ0) is 27.8. The van der Waals surface area contributed by atoms with Crippen LogP contribution in [-0.2, 0) is 0 Å². The molecule has 0 radical (unpaired) electrons. The SMILES string of the molecule is COc1ccc(Cl)cc1C(=O)Nc1cccc(C(=O)NN=Cc2ccccc2OC(=O)c2cccc(C)c2)c1. The van der Waals surface area contributed by atoms with Crippen LogP contribution in [0, 0.1) is 6.92 Å². The van der Waals surface area contributed by atoms with Gasteiger partial charge in [0.15, 0.2) is 0 Å². The molecule has 0 aliphatic heterocycles. The van der Waals surface area contributed by atoms with Gasteiger partial charge in [-0.3, -0.25) is 9.59 Å². The number of methoxy groups -OCH3 is 1. The highest BCUT2D eigenvalue weighted by molar-refractivity contribution is 6.31. The van der Waals surface area contributed by atoms with Crippen molar-refractivity contribution in [3.05, 3.63) is 124 Å². The molecule has 4 rings (SSSR count). The topological polar surface area (TPSA) is 106 Å². The summed E-state index contributed by atoms with van der Waals surface area (Å²) in [6.45, 7) is 1.89. The van der Waals surface area contributed by atoms with E-state index in [0.717, 1.165) is 5.56 Å². The smallest absolute Gasteiger partial charge is 0.343 e. The summed E-state index contributed by atoms with van der Waals surface area (Å²) in [5, 5.41) is 7.13. The molecule has 0 bridgehead atoms. The molecule has 0 saturated heterocycles. The Morgan fingerprint density at radius 1 is 0.821 bits per heavy atom. The van der Waals surface area contributed by atoms with Crippen molar-refractivity contribution in [3.8, 4) is 11.5 Å². The van der Waals surface area contributed by atoms with Crippen LogP contribution in [0.3, 0.4) is 0 Å². The highest BCUT2D eigenvalue weighted by Crippen LogP contribution is 2.24. The third kappa shape index (κ3) is 7.09. The summed E-state index contributed by atoms with van der Waals surface area (Å²) in [6, 6.07) is 25.0. The number of hydrogen-bond acceptors (Lipinski definition) is 6. The van der Waals surface area contributed by atoms with Crippen LogP contribution in [0.1, 0.15) is 42.2 Å². The maximum absolute atomic E-state index is 12.8. The van der Waals surface area contributed by atoms with Crippen LogP contribution in [0.2, 0.25) is 5.02 Å². The van der Waals surface area contributed by atoms with Crippen molar-refractivity contribution >= 4 is 41.3 Å². The van der Waals surface area contributed by atoms with Gasteiger partial charge in [-0.2, -0.15) is 5.10 Å². The van der Waals surface area contributed by atoms with E-state index in [0.29, 0.717) is 33.3 Å². The average molecular weight is 542 g/mol. The zero-order valence-corrected chi connectivity index (χ0v) is 21.9. The lowest BCUT2D eigenvalue weighted by Crippen LogP contribution is -2.18. The van der Waals surface area contributed by atoms with Gasteiger partial charge in [-0.05, 0) is 67.6 Å². The van der Waals surface area contributed by atoms with Gasteiger partial charge in [0, 0.05) is 21.8 Å². The monoisotopic (exact) mass is 541 g/mol. The third-order valence-electron chi connectivity index (χ3n) is 5.53. The lowest BCUT2D eigenvalue weighted by Gasteiger charge is -2.10. The van der Waals surface area contributed by atoms with Gasteiger partial charge in [0.25, 0.3) is 11.8 Å². The predicted octanol–water partition coefficient (Wildman–Crippen LogP) is 5.89. The van der Waals surface area contributed by atoms with E-state index in [1.54, 1.807) is 72.8 Å². The van der Waals surface area contributed by atoms with E-state index in [1.807, 2.05) is 13.0 Å². The normalized spacial score (nSPS) is 10.6. The first-order valence-corrected chi connectivity index (χ1v) is 12.2. The number of esters is 1. The highest BCUT2D eigenvalue weighted by atomic mass is 35.5. The van der Waals surface area contributed by atoms with Crippen LogP contribution in [0.15, 0.2) is 96.1 Å². The molecular formula is C30H24ClN3O5. The van der Waals surface area contributed by atoms with Crippen molar-refractivity contribution in [2.45, 2.75) is 6.92 Å². The van der Waals surface area contributed by atoms with E-state index in [-0.39, 0.29) is 11.1 Å². The fourth-order valence-electron chi connectivity index (χ4n) is 3.63. The van der Waals surface area contributed by atoms with Crippen molar-refractivity contribution in [3.63, 3.8) is 0 Å². The van der Waals surface area contributed by atoms with E-state index in [4.69, 9.17) is 21.1 Å². The van der Waals surface area contributed by atoms with Gasteiger partial charge in [0.1, 0.15) is 11.5 Å². The van der Waals surface area contributed by atoms with Crippen LogP contribution < -0.4 is 20.2 Å². The second-order valence-electron chi connectivity index (χ2n) is 8.38. The molecule has 0 heterocycles. The number of nitrogens with zero attached hydrogens (tertiary/aromatic N) is 1. The first-order chi connectivity index (χ1) is 18.8. The number of anilines is 1. The minimum Gasteiger partial charge on any atom is -0.496 e. The lowest BCUT2D eigenvalue weighted by molar-refractivity contribution is 0.0733. The van der Waals surface area contributed by atoms with Gasteiger partial charge in [0.2, 0.25) is 0 Å². The largest absolute Gasteiger partial charge is 0.496 e. The highest BCUT2D eigenvalue weighted by Gasteiger charge is 2.15. The second kappa shape index (κ2) is 12.5. The molecule has 0 spiro atoms. The van der Waals surface area contributed by atoms with E-state index in [2.05, 4.69) is 15.8 Å². The van der Waals surface area contributed by atoms with E-state index in [1.165, 1.54) is 25.5 Å². The Balaban J connectivity index is 1.42. The van der Waals surface area contributed by atoms with E-state index < -0.39 is 17.8 Å². The standard InChI is InChI=1S/C30H24ClN3O5/c1-19-7-5-10-21(15-19)30(37)39-26-12-4-3-8-22(26)18-32-34-28(35)20-9-6-11-24(16-20)33-29(36)25-17-23(31)13-14-27(25)38-2/h3-18H,1-2H3,(H,33,36)(H,34,35). The number of ether oxygens (including phenoxy) is 2. The Kier molecular flexibility index (Phi) is 8.71. The molecule has 0 unspecified atom stereocenters. The average Bonchev–Trinajstić information content (AvgIpc) is 2.94. The molecule has 0 aromatic heterocycles. The molecular weight excluding hydrogens is 518 g/mol. The number of aryl methyl sites for hydroxylation is 1. The predicted molar refractivity (Wildman–Crippen MR) is 150 cm³/mol. The second-order valence-corrected chi connectivity index (χ2v) is 8.81. The number of hydrazone groups is 1. The van der Waals surface area contributed by atoms with Gasteiger partial charge in [-0.25, -0.2) is 10.2 Å². The van der Waals surface area contributed by atoms with Crippen LogP contribution >= 0.6 is 11.6 Å². The maximum atomic E-state index is 12.8. The molecule has 0 saturated carbocycles. The van der Waals surface area contributed by atoms with Gasteiger partial charge < -0.3 is 14.8 Å². The quantitative estimate of drug-likeness (QED) is 0.125. The molecule has 9 heteroatoms. The van der Waals surface area contributed by atoms with Crippen LogP contribution in [-0.4, -0.2) is 31.1 Å². The maximum Gasteiger partial charge on any atom is 0.343 e. The zero-order valence-electron chi connectivity index (χ0n) is 21.1. The third-order valence-corrected chi connectivity index (χ3v) is 5.77. The summed E-state index contributed by atoms with van der Waals surface area (Å²) in [7, 11) is 1.46. The molecule has 0 atom stereocenters. The molecule has 2 amide bonds. The van der Waals surface area contributed by atoms with Crippen molar-refractivity contribution < 1.29 is 23.9 Å². The fraction of sp³-hybridized carbons (Fsp3) is 0.0667. The molecule has 0 aliphatic rings. The number of benzene rings is 4. The molecule has 0 fully saturated rings. The van der Waals surface area contributed by atoms with Crippen molar-refractivity contribution in [2.75, 3.05) is 12.4 Å². The Hall–Kier alpha value is -4.95. The summed E-state index contributed by atoms with van der Waals surface area (Å²) in [4.78, 5) is 38.0. The molecule has 4 aromatic rings. The van der Waals surface area contributed by atoms with Crippen LogP contribution in [0.25, 0.3) is 0 Å². The number of carbonyl (C=O) groups is 3. The van der Waals surface area contributed by atoms with E-state index in [9.17, 15) is 14.4 Å². The molecule has 39 heavy (non-hydrogen) atoms. The molecule has 4 aromatic carbocycles. The first-order valence-electron chi connectivity index (χ1n) is 11.8. The van der Waals surface area contributed by atoms with Crippen LogP contribution in [0.5, 0.6) is 11.5 Å². The molecule has 8 nitrogen and oxygen atoms in total. The Bertz CT molecular complexity index is 1570. The van der Waals surface area contributed by atoms with Gasteiger partial charge >= 0.3 is 5.97 Å². The number of carbonyl (C=O) groups excluding carboxylic acids is 3. The number of para-hydroxylation sites is 1. The van der Waals surface area contributed by atoms with Crippen molar-refractivity contribution in [1.82, 2.24) is 5.43 Å². The van der Waals surface area contributed by atoms with Crippen molar-refractivity contribution in [2.24, 2.45) is 5.10 Å². The number of amides is 2. The van der Waals surface area contributed by atoms with Gasteiger partial charge in [-0.15, -0.1) is 0 Å². The number of nitrogens with one attached hydrogen (secondary N) is 2. The van der Waals surface area contributed by atoms with Gasteiger partial charge in [-0.1, -0.05) is 47.5 Å². The molecule has 196 valence electrons.